The van der Waals surface area contributed by atoms with Gasteiger partial charge in [0.25, 0.3) is 0 Å². The number of aromatic nitrogens is 3. The minimum absolute atomic E-state index is 0.0283. The Balaban J connectivity index is 1.43. The third-order valence-electron chi connectivity index (χ3n) is 4.04. The van der Waals surface area contributed by atoms with Gasteiger partial charge in [0.2, 0.25) is 0 Å². The van der Waals surface area contributed by atoms with E-state index in [1.165, 1.54) is 0 Å². The molecule has 1 aliphatic rings. The van der Waals surface area contributed by atoms with Crippen LogP contribution >= 0.6 is 0 Å². The second-order valence-corrected chi connectivity index (χ2v) is 5.80. The third-order valence-corrected chi connectivity index (χ3v) is 4.04. The molecule has 126 valence electrons. The maximum atomic E-state index is 8.89. The number of ether oxygens (including phenoxy) is 2. The fourth-order valence-corrected chi connectivity index (χ4v) is 2.78. The Kier molecular flexibility index (Phi) is 5.41. The summed E-state index contributed by atoms with van der Waals surface area (Å²) in [7, 11) is 1.93. The Bertz CT molecular complexity index is 709. The number of rotatable bonds is 6. The van der Waals surface area contributed by atoms with Crippen molar-refractivity contribution in [1.29, 1.82) is 5.26 Å². The normalized spacial score (nSPS) is 18.2. The lowest BCUT2D eigenvalue weighted by Gasteiger charge is -2.32. The van der Waals surface area contributed by atoms with E-state index in [0.717, 1.165) is 37.6 Å². The number of aryl methyl sites for hydroxylation is 1. The lowest BCUT2D eigenvalue weighted by Crippen LogP contribution is -2.40. The number of hydrogen-bond acceptors (Lipinski definition) is 6. The first-order valence-corrected chi connectivity index (χ1v) is 8.07. The summed E-state index contributed by atoms with van der Waals surface area (Å²) < 4.78 is 13.4. The van der Waals surface area contributed by atoms with E-state index in [9.17, 15) is 0 Å². The Labute approximate surface area is 141 Å². The van der Waals surface area contributed by atoms with E-state index in [1.807, 2.05) is 23.7 Å². The highest BCUT2D eigenvalue weighted by atomic mass is 16.5. The summed E-state index contributed by atoms with van der Waals surface area (Å²) in [5.74, 6) is 1.61. The predicted molar refractivity (Wildman–Crippen MR) is 87.4 cm³/mol. The molecule has 2 heterocycles. The molecule has 0 unspecified atom stereocenters. The molecule has 2 aromatic rings. The van der Waals surface area contributed by atoms with Gasteiger partial charge in [-0.15, -0.1) is 10.2 Å². The molecule has 1 fully saturated rings. The van der Waals surface area contributed by atoms with Gasteiger partial charge in [-0.3, -0.25) is 4.90 Å². The molecular formula is C17H21N5O2. The number of morpholine rings is 1. The summed E-state index contributed by atoms with van der Waals surface area (Å²) in [6, 6.07) is 9.36. The Hall–Kier alpha value is -2.43. The second-order valence-electron chi connectivity index (χ2n) is 5.80. The summed E-state index contributed by atoms with van der Waals surface area (Å²) in [5, 5.41) is 16.9. The van der Waals surface area contributed by atoms with Crippen molar-refractivity contribution in [2.75, 3.05) is 32.8 Å². The SMILES string of the molecule is Cn1cnnc1[C@H]1CN(CCCOc2cccc(C#N)c2)CCO1. The number of benzene rings is 1. The molecule has 1 aliphatic heterocycles. The van der Waals surface area contributed by atoms with Crippen molar-refractivity contribution in [3.05, 3.63) is 42.0 Å². The molecule has 0 saturated carbocycles. The predicted octanol–water partition coefficient (Wildman–Crippen LogP) is 1.53. The molecule has 0 radical (unpaired) electrons. The summed E-state index contributed by atoms with van der Waals surface area (Å²) in [6.45, 7) is 3.99. The molecule has 7 heteroatoms. The molecule has 1 saturated heterocycles. The molecule has 0 bridgehead atoms. The first kappa shape index (κ1) is 16.4. The molecular weight excluding hydrogens is 306 g/mol. The van der Waals surface area contributed by atoms with Crippen molar-refractivity contribution in [2.45, 2.75) is 12.5 Å². The molecule has 1 aromatic carbocycles. The van der Waals surface area contributed by atoms with Gasteiger partial charge in [-0.1, -0.05) is 6.07 Å². The fourth-order valence-electron chi connectivity index (χ4n) is 2.78. The van der Waals surface area contributed by atoms with E-state index in [-0.39, 0.29) is 6.10 Å². The smallest absolute Gasteiger partial charge is 0.163 e. The lowest BCUT2D eigenvalue weighted by atomic mass is 10.2. The number of nitrogens with zero attached hydrogens (tertiary/aromatic N) is 5. The topological polar surface area (TPSA) is 76.2 Å². The highest BCUT2D eigenvalue weighted by Crippen LogP contribution is 2.20. The van der Waals surface area contributed by atoms with Crippen molar-refractivity contribution in [3.8, 4) is 11.8 Å². The van der Waals surface area contributed by atoms with Crippen LogP contribution in [0, 0.1) is 11.3 Å². The van der Waals surface area contributed by atoms with Gasteiger partial charge in [0.15, 0.2) is 5.82 Å². The van der Waals surface area contributed by atoms with Crippen molar-refractivity contribution in [1.82, 2.24) is 19.7 Å². The maximum Gasteiger partial charge on any atom is 0.163 e. The monoisotopic (exact) mass is 327 g/mol. The van der Waals surface area contributed by atoms with Crippen LogP contribution in [0.3, 0.4) is 0 Å². The van der Waals surface area contributed by atoms with E-state index in [4.69, 9.17) is 14.7 Å². The zero-order chi connectivity index (χ0) is 16.8. The van der Waals surface area contributed by atoms with Crippen LogP contribution in [0.15, 0.2) is 30.6 Å². The average Bonchev–Trinajstić information content (AvgIpc) is 3.05. The van der Waals surface area contributed by atoms with Gasteiger partial charge in [0, 0.05) is 26.7 Å². The Morgan fingerprint density at radius 3 is 3.17 bits per heavy atom. The zero-order valence-corrected chi connectivity index (χ0v) is 13.8. The highest BCUT2D eigenvalue weighted by molar-refractivity contribution is 5.36. The van der Waals surface area contributed by atoms with Crippen molar-refractivity contribution in [3.63, 3.8) is 0 Å². The summed E-state index contributed by atoms with van der Waals surface area (Å²) in [5.41, 5.74) is 0.618. The molecule has 7 nitrogen and oxygen atoms in total. The molecule has 0 N–H and O–H groups in total. The van der Waals surface area contributed by atoms with Crippen molar-refractivity contribution in [2.24, 2.45) is 7.05 Å². The van der Waals surface area contributed by atoms with Crippen molar-refractivity contribution < 1.29 is 9.47 Å². The molecule has 0 spiro atoms. The first-order chi connectivity index (χ1) is 11.8. The minimum atomic E-state index is -0.0283. The average molecular weight is 327 g/mol. The third kappa shape index (κ3) is 4.10. The Morgan fingerprint density at radius 2 is 2.38 bits per heavy atom. The van der Waals surface area contributed by atoms with Crippen molar-refractivity contribution >= 4 is 0 Å². The van der Waals surface area contributed by atoms with Crippen LogP contribution in [-0.2, 0) is 11.8 Å². The summed E-state index contributed by atoms with van der Waals surface area (Å²) in [4.78, 5) is 2.36. The number of hydrogen-bond donors (Lipinski definition) is 0. The number of nitriles is 1. The van der Waals surface area contributed by atoms with E-state index in [0.29, 0.717) is 18.8 Å². The van der Waals surface area contributed by atoms with Gasteiger partial charge >= 0.3 is 0 Å². The van der Waals surface area contributed by atoms with Gasteiger partial charge in [0.1, 0.15) is 18.2 Å². The van der Waals surface area contributed by atoms with Crippen LogP contribution < -0.4 is 4.74 Å². The second kappa shape index (κ2) is 7.90. The van der Waals surface area contributed by atoms with E-state index in [1.54, 1.807) is 18.5 Å². The summed E-state index contributed by atoms with van der Waals surface area (Å²) >= 11 is 0. The molecule has 0 amide bonds. The maximum absolute atomic E-state index is 8.89. The lowest BCUT2D eigenvalue weighted by molar-refractivity contribution is -0.0366. The van der Waals surface area contributed by atoms with Gasteiger partial charge in [-0.25, -0.2) is 0 Å². The van der Waals surface area contributed by atoms with Gasteiger partial charge in [-0.05, 0) is 24.6 Å². The van der Waals surface area contributed by atoms with Gasteiger partial charge in [0.05, 0.1) is 24.8 Å². The van der Waals surface area contributed by atoms with Crippen LogP contribution in [0.1, 0.15) is 23.9 Å². The van der Waals surface area contributed by atoms with Crippen LogP contribution in [-0.4, -0.2) is 52.5 Å². The first-order valence-electron chi connectivity index (χ1n) is 8.07. The Morgan fingerprint density at radius 1 is 1.46 bits per heavy atom. The van der Waals surface area contributed by atoms with Crippen LogP contribution in [0.2, 0.25) is 0 Å². The summed E-state index contributed by atoms with van der Waals surface area (Å²) in [6.07, 6.45) is 2.59. The van der Waals surface area contributed by atoms with Gasteiger partial charge < -0.3 is 14.0 Å². The van der Waals surface area contributed by atoms with Crippen LogP contribution in [0.25, 0.3) is 0 Å². The molecule has 1 atom stereocenters. The highest BCUT2D eigenvalue weighted by Gasteiger charge is 2.25. The standard InChI is InChI=1S/C17H21N5O2/c1-21-13-19-20-17(21)16-12-22(7-9-24-16)6-3-8-23-15-5-2-4-14(10-15)11-18/h2,4-5,10,13,16H,3,6-9,12H2,1H3/t16-/m1/s1. The van der Waals surface area contributed by atoms with Crippen LogP contribution in [0.5, 0.6) is 5.75 Å². The molecule has 3 rings (SSSR count). The zero-order valence-electron chi connectivity index (χ0n) is 13.8. The van der Waals surface area contributed by atoms with Gasteiger partial charge in [-0.2, -0.15) is 5.26 Å². The minimum Gasteiger partial charge on any atom is -0.494 e. The molecule has 0 aliphatic carbocycles. The van der Waals surface area contributed by atoms with Crippen LogP contribution in [0.4, 0.5) is 0 Å². The fraction of sp³-hybridized carbons (Fsp3) is 0.471. The van der Waals surface area contributed by atoms with E-state index < -0.39 is 0 Å². The molecule has 1 aromatic heterocycles. The van der Waals surface area contributed by atoms with E-state index >= 15 is 0 Å². The molecule has 24 heavy (non-hydrogen) atoms. The van der Waals surface area contributed by atoms with E-state index in [2.05, 4.69) is 21.2 Å². The quantitative estimate of drug-likeness (QED) is 0.749. The largest absolute Gasteiger partial charge is 0.494 e.